The Bertz CT molecular complexity index is 746. The van der Waals surface area contributed by atoms with Crippen LogP contribution in [0.1, 0.15) is 24.3 Å². The maximum absolute atomic E-state index is 12.0. The van der Waals surface area contributed by atoms with E-state index in [2.05, 4.69) is 10.6 Å². The molecule has 0 unspecified atom stereocenters. The highest BCUT2D eigenvalue weighted by molar-refractivity contribution is 5.84. The summed E-state index contributed by atoms with van der Waals surface area (Å²) in [6, 6.07) is 16.6. The molecule has 3 rings (SSSR count). The van der Waals surface area contributed by atoms with Crippen molar-refractivity contribution in [3.63, 3.8) is 0 Å². The zero-order chi connectivity index (χ0) is 18.4. The van der Waals surface area contributed by atoms with E-state index in [0.717, 1.165) is 17.7 Å². The second-order valence-electron chi connectivity index (χ2n) is 6.26. The average Bonchev–Trinajstić information content (AvgIpc) is 2.67. The summed E-state index contributed by atoms with van der Waals surface area (Å²) in [5.74, 6) is 0.848. The van der Waals surface area contributed by atoms with E-state index in [1.54, 1.807) is 19.2 Å². The van der Waals surface area contributed by atoms with Gasteiger partial charge in [0.25, 0.3) is 0 Å². The lowest BCUT2D eigenvalue weighted by Crippen LogP contribution is -2.44. The van der Waals surface area contributed by atoms with Crippen LogP contribution >= 0.6 is 0 Å². The summed E-state index contributed by atoms with van der Waals surface area (Å²) in [5.41, 5.74) is 1.75. The molecule has 136 valence electrons. The third kappa shape index (κ3) is 4.75. The number of carbonyl (C=O) groups is 2. The van der Waals surface area contributed by atoms with E-state index in [9.17, 15) is 9.59 Å². The van der Waals surface area contributed by atoms with Crippen molar-refractivity contribution in [2.45, 2.75) is 24.8 Å². The largest absolute Gasteiger partial charge is 0.497 e. The Balaban J connectivity index is 1.54. The van der Waals surface area contributed by atoms with Crippen LogP contribution in [-0.4, -0.2) is 31.8 Å². The maximum Gasteiger partial charge on any atom is 0.411 e. The number of rotatable bonds is 5. The number of piperidine rings is 1. The van der Waals surface area contributed by atoms with Crippen molar-refractivity contribution in [2.75, 3.05) is 19.0 Å². The van der Waals surface area contributed by atoms with Crippen LogP contribution in [0, 0.1) is 0 Å². The van der Waals surface area contributed by atoms with Crippen LogP contribution in [0.15, 0.2) is 54.6 Å². The Morgan fingerprint density at radius 1 is 1.15 bits per heavy atom. The van der Waals surface area contributed by atoms with E-state index in [1.807, 2.05) is 42.5 Å². The van der Waals surface area contributed by atoms with Crippen molar-refractivity contribution >= 4 is 17.7 Å². The van der Waals surface area contributed by atoms with E-state index in [4.69, 9.17) is 9.47 Å². The number of nitrogens with one attached hydrogen (secondary N) is 2. The van der Waals surface area contributed by atoms with Crippen LogP contribution in [0.25, 0.3) is 0 Å². The molecule has 2 N–H and O–H groups in total. The summed E-state index contributed by atoms with van der Waals surface area (Å²) in [6.45, 7) is 0.136. The van der Waals surface area contributed by atoms with Crippen molar-refractivity contribution in [3.05, 3.63) is 60.2 Å². The SMILES string of the molecule is COc1ccc([C@H]2CC(=O)N[C@H](COC(=O)Nc3ccccc3)C2)cc1. The Labute approximate surface area is 152 Å². The minimum Gasteiger partial charge on any atom is -0.497 e. The molecule has 0 radical (unpaired) electrons. The average molecular weight is 354 g/mol. The standard InChI is InChI=1S/C20H22N2O4/c1-25-18-9-7-14(8-10-18)15-11-17(21-19(23)12-15)13-26-20(24)22-16-5-3-2-4-6-16/h2-10,15,17H,11-13H2,1H3,(H,21,23)(H,22,24)/t15-,17+/m1/s1. The molecular formula is C20H22N2O4. The summed E-state index contributed by atoms with van der Waals surface area (Å²) >= 11 is 0. The molecule has 2 atom stereocenters. The van der Waals surface area contributed by atoms with E-state index in [0.29, 0.717) is 12.1 Å². The van der Waals surface area contributed by atoms with Gasteiger partial charge in [-0.25, -0.2) is 4.79 Å². The van der Waals surface area contributed by atoms with Crippen molar-refractivity contribution < 1.29 is 19.1 Å². The predicted molar refractivity (Wildman–Crippen MR) is 98.3 cm³/mol. The molecule has 1 saturated heterocycles. The first-order valence-electron chi connectivity index (χ1n) is 8.56. The number of benzene rings is 2. The highest BCUT2D eigenvalue weighted by Crippen LogP contribution is 2.29. The summed E-state index contributed by atoms with van der Waals surface area (Å²) in [6.07, 6.45) is 0.618. The smallest absolute Gasteiger partial charge is 0.411 e. The molecule has 1 heterocycles. The lowest BCUT2D eigenvalue weighted by Gasteiger charge is -2.29. The summed E-state index contributed by atoms with van der Waals surface area (Å²) in [5, 5.41) is 5.55. The van der Waals surface area contributed by atoms with Gasteiger partial charge in [0.1, 0.15) is 12.4 Å². The van der Waals surface area contributed by atoms with Gasteiger partial charge in [-0.1, -0.05) is 30.3 Å². The van der Waals surface area contributed by atoms with E-state index in [-0.39, 0.29) is 24.5 Å². The Hall–Kier alpha value is -3.02. The molecule has 1 aliphatic heterocycles. The van der Waals surface area contributed by atoms with Gasteiger partial charge in [-0.3, -0.25) is 10.1 Å². The fourth-order valence-corrected chi connectivity index (χ4v) is 3.09. The molecule has 1 aliphatic rings. The second kappa shape index (κ2) is 8.38. The molecule has 2 aromatic carbocycles. The number of hydrogen-bond acceptors (Lipinski definition) is 4. The van der Waals surface area contributed by atoms with Crippen LogP contribution in [0.5, 0.6) is 5.75 Å². The number of methoxy groups -OCH3 is 1. The number of hydrogen-bond donors (Lipinski definition) is 2. The van der Waals surface area contributed by atoms with Gasteiger partial charge >= 0.3 is 6.09 Å². The minimum absolute atomic E-state index is 0.0332. The highest BCUT2D eigenvalue weighted by atomic mass is 16.5. The van der Waals surface area contributed by atoms with Crippen molar-refractivity contribution in [1.82, 2.24) is 5.32 Å². The van der Waals surface area contributed by atoms with Gasteiger partial charge in [0.15, 0.2) is 0 Å². The van der Waals surface area contributed by atoms with Gasteiger partial charge in [0, 0.05) is 12.1 Å². The first-order chi connectivity index (χ1) is 12.6. The Morgan fingerprint density at radius 3 is 2.58 bits per heavy atom. The molecule has 0 aromatic heterocycles. The van der Waals surface area contributed by atoms with Crippen molar-refractivity contribution in [2.24, 2.45) is 0 Å². The van der Waals surface area contributed by atoms with Gasteiger partial charge in [0.05, 0.1) is 13.2 Å². The maximum atomic E-state index is 12.0. The van der Waals surface area contributed by atoms with Gasteiger partial charge in [-0.15, -0.1) is 0 Å². The molecule has 6 heteroatoms. The predicted octanol–water partition coefficient (Wildman–Crippen LogP) is 3.31. The molecular weight excluding hydrogens is 332 g/mol. The molecule has 26 heavy (non-hydrogen) atoms. The van der Waals surface area contributed by atoms with Crippen LogP contribution in [-0.2, 0) is 9.53 Å². The summed E-state index contributed by atoms with van der Waals surface area (Å²) in [7, 11) is 1.62. The van der Waals surface area contributed by atoms with E-state index >= 15 is 0 Å². The van der Waals surface area contributed by atoms with Crippen LogP contribution in [0.4, 0.5) is 10.5 Å². The fourth-order valence-electron chi connectivity index (χ4n) is 3.09. The first kappa shape index (κ1) is 17.8. The van der Waals surface area contributed by atoms with Gasteiger partial charge in [0.2, 0.25) is 5.91 Å². The van der Waals surface area contributed by atoms with Crippen LogP contribution < -0.4 is 15.4 Å². The Morgan fingerprint density at radius 2 is 1.88 bits per heavy atom. The minimum atomic E-state index is -0.531. The van der Waals surface area contributed by atoms with Crippen LogP contribution in [0.3, 0.4) is 0 Å². The third-order valence-electron chi connectivity index (χ3n) is 4.39. The van der Waals surface area contributed by atoms with Gasteiger partial charge in [-0.05, 0) is 42.2 Å². The zero-order valence-electron chi connectivity index (χ0n) is 14.6. The topological polar surface area (TPSA) is 76.7 Å². The molecule has 2 aromatic rings. The lowest BCUT2D eigenvalue weighted by atomic mass is 9.86. The number of anilines is 1. The molecule has 1 fully saturated rings. The third-order valence-corrected chi connectivity index (χ3v) is 4.39. The quantitative estimate of drug-likeness (QED) is 0.864. The normalized spacial score (nSPS) is 19.3. The van der Waals surface area contributed by atoms with Crippen molar-refractivity contribution in [3.8, 4) is 5.75 Å². The van der Waals surface area contributed by atoms with E-state index in [1.165, 1.54) is 0 Å². The molecule has 0 saturated carbocycles. The monoisotopic (exact) mass is 354 g/mol. The summed E-state index contributed by atoms with van der Waals surface area (Å²) < 4.78 is 10.4. The van der Waals surface area contributed by atoms with Gasteiger partial charge < -0.3 is 14.8 Å². The number of para-hydroxylation sites is 1. The van der Waals surface area contributed by atoms with E-state index < -0.39 is 6.09 Å². The molecule has 2 amide bonds. The zero-order valence-corrected chi connectivity index (χ0v) is 14.6. The second-order valence-corrected chi connectivity index (χ2v) is 6.26. The Kier molecular flexibility index (Phi) is 5.73. The van der Waals surface area contributed by atoms with Crippen molar-refractivity contribution in [1.29, 1.82) is 0 Å². The molecule has 6 nitrogen and oxygen atoms in total. The molecule has 0 aliphatic carbocycles. The fraction of sp³-hybridized carbons (Fsp3) is 0.300. The first-order valence-corrected chi connectivity index (χ1v) is 8.56. The highest BCUT2D eigenvalue weighted by Gasteiger charge is 2.28. The van der Waals surface area contributed by atoms with Crippen LogP contribution in [0.2, 0.25) is 0 Å². The molecule has 0 spiro atoms. The summed E-state index contributed by atoms with van der Waals surface area (Å²) in [4.78, 5) is 23.9. The number of ether oxygens (including phenoxy) is 2. The molecule has 0 bridgehead atoms. The number of carbonyl (C=O) groups excluding carboxylic acids is 2. The lowest BCUT2D eigenvalue weighted by molar-refractivity contribution is -0.124. The number of amides is 2. The van der Waals surface area contributed by atoms with Gasteiger partial charge in [-0.2, -0.15) is 0 Å².